The summed E-state index contributed by atoms with van der Waals surface area (Å²) in [5, 5.41) is 8.08. The Labute approximate surface area is 98.2 Å². The molecule has 0 aromatic carbocycles. The van der Waals surface area contributed by atoms with E-state index >= 15 is 0 Å². The van der Waals surface area contributed by atoms with Crippen LogP contribution in [0.1, 0.15) is 38.3 Å². The molecule has 1 saturated carbocycles. The summed E-state index contributed by atoms with van der Waals surface area (Å²) in [7, 11) is 1.97. The summed E-state index contributed by atoms with van der Waals surface area (Å²) >= 11 is 0. The molecule has 0 bridgehead atoms. The fourth-order valence-electron chi connectivity index (χ4n) is 2.78. The van der Waals surface area contributed by atoms with Gasteiger partial charge in [0, 0.05) is 32.3 Å². The van der Waals surface area contributed by atoms with Crippen LogP contribution in [0.2, 0.25) is 0 Å². The summed E-state index contributed by atoms with van der Waals surface area (Å²) in [5.74, 6) is 0.906. The van der Waals surface area contributed by atoms with Crippen LogP contribution >= 0.6 is 0 Å². The molecule has 16 heavy (non-hydrogen) atoms. The lowest BCUT2D eigenvalue weighted by Crippen LogP contribution is -2.33. The molecular formula is C13H23N3. The van der Waals surface area contributed by atoms with Crippen LogP contribution in [0.25, 0.3) is 0 Å². The van der Waals surface area contributed by atoms with E-state index in [1.807, 2.05) is 17.9 Å². The van der Waals surface area contributed by atoms with Crippen LogP contribution in [0.15, 0.2) is 12.3 Å². The van der Waals surface area contributed by atoms with Crippen molar-refractivity contribution in [2.45, 2.75) is 45.1 Å². The van der Waals surface area contributed by atoms with Crippen molar-refractivity contribution >= 4 is 0 Å². The Morgan fingerprint density at radius 1 is 1.50 bits per heavy atom. The lowest BCUT2D eigenvalue weighted by Gasteiger charge is -2.19. The highest BCUT2D eigenvalue weighted by atomic mass is 15.2. The summed E-state index contributed by atoms with van der Waals surface area (Å²) in [4.78, 5) is 0. The minimum absolute atomic E-state index is 0.758. The Kier molecular flexibility index (Phi) is 3.99. The van der Waals surface area contributed by atoms with Gasteiger partial charge in [0.05, 0.1) is 5.69 Å². The molecule has 0 radical (unpaired) electrons. The van der Waals surface area contributed by atoms with E-state index in [9.17, 15) is 0 Å². The molecule has 1 aromatic rings. The van der Waals surface area contributed by atoms with Crippen molar-refractivity contribution in [1.29, 1.82) is 0 Å². The van der Waals surface area contributed by atoms with Crippen molar-refractivity contribution in [1.82, 2.24) is 15.1 Å². The first-order valence-corrected chi connectivity index (χ1v) is 6.51. The second kappa shape index (κ2) is 5.48. The van der Waals surface area contributed by atoms with Crippen molar-refractivity contribution in [3.8, 4) is 0 Å². The molecule has 90 valence electrons. The quantitative estimate of drug-likeness (QED) is 0.825. The van der Waals surface area contributed by atoms with Crippen LogP contribution in [0.5, 0.6) is 0 Å². The van der Waals surface area contributed by atoms with Gasteiger partial charge in [0.25, 0.3) is 0 Å². The van der Waals surface area contributed by atoms with Gasteiger partial charge in [-0.3, -0.25) is 4.68 Å². The molecule has 0 amide bonds. The number of hydrogen-bond donors (Lipinski definition) is 1. The molecule has 0 spiro atoms. The van der Waals surface area contributed by atoms with Crippen LogP contribution in [-0.2, 0) is 13.5 Å². The Bertz CT molecular complexity index is 319. The lowest BCUT2D eigenvalue weighted by molar-refractivity contribution is 0.392. The zero-order valence-corrected chi connectivity index (χ0v) is 10.4. The van der Waals surface area contributed by atoms with Crippen LogP contribution in [0, 0.1) is 5.92 Å². The van der Waals surface area contributed by atoms with Crippen LogP contribution < -0.4 is 5.32 Å². The first-order valence-electron chi connectivity index (χ1n) is 6.51. The van der Waals surface area contributed by atoms with E-state index in [1.54, 1.807) is 0 Å². The topological polar surface area (TPSA) is 29.9 Å². The van der Waals surface area contributed by atoms with Crippen molar-refractivity contribution < 1.29 is 0 Å². The van der Waals surface area contributed by atoms with Gasteiger partial charge in [0.1, 0.15) is 0 Å². The van der Waals surface area contributed by atoms with Gasteiger partial charge < -0.3 is 5.32 Å². The average molecular weight is 221 g/mol. The van der Waals surface area contributed by atoms with Gasteiger partial charge >= 0.3 is 0 Å². The van der Waals surface area contributed by atoms with E-state index in [1.165, 1.54) is 31.4 Å². The van der Waals surface area contributed by atoms with Gasteiger partial charge in [-0.25, -0.2) is 0 Å². The van der Waals surface area contributed by atoms with E-state index in [0.29, 0.717) is 0 Å². The normalized spacial score (nSPS) is 25.1. The molecule has 1 fully saturated rings. The Hall–Kier alpha value is -0.830. The summed E-state index contributed by atoms with van der Waals surface area (Å²) < 4.78 is 1.87. The molecule has 2 unspecified atom stereocenters. The van der Waals surface area contributed by atoms with Gasteiger partial charge in [-0.2, -0.15) is 5.10 Å². The van der Waals surface area contributed by atoms with Crippen LogP contribution in [0.3, 0.4) is 0 Å². The number of nitrogens with zero attached hydrogens (tertiary/aromatic N) is 2. The number of rotatable bonds is 5. The molecule has 0 aliphatic heterocycles. The van der Waals surface area contributed by atoms with E-state index in [0.717, 1.165) is 24.9 Å². The minimum Gasteiger partial charge on any atom is -0.313 e. The number of aromatic nitrogens is 2. The maximum absolute atomic E-state index is 4.39. The largest absolute Gasteiger partial charge is 0.313 e. The third kappa shape index (κ3) is 2.85. The molecule has 2 rings (SSSR count). The van der Waals surface area contributed by atoms with E-state index < -0.39 is 0 Å². The van der Waals surface area contributed by atoms with E-state index in [2.05, 4.69) is 23.4 Å². The van der Waals surface area contributed by atoms with Crippen molar-refractivity contribution in [3.05, 3.63) is 18.0 Å². The molecule has 3 nitrogen and oxygen atoms in total. The van der Waals surface area contributed by atoms with Crippen LogP contribution in [0.4, 0.5) is 0 Å². The SMILES string of the molecule is CCC1CCCC1NCCc1ccn(C)n1. The highest BCUT2D eigenvalue weighted by Crippen LogP contribution is 2.27. The predicted molar refractivity (Wildman–Crippen MR) is 66.3 cm³/mol. The molecule has 1 aliphatic carbocycles. The van der Waals surface area contributed by atoms with Crippen molar-refractivity contribution in [3.63, 3.8) is 0 Å². The van der Waals surface area contributed by atoms with Gasteiger partial charge in [0.2, 0.25) is 0 Å². The molecule has 0 saturated heterocycles. The fraction of sp³-hybridized carbons (Fsp3) is 0.769. The zero-order valence-electron chi connectivity index (χ0n) is 10.4. The number of hydrogen-bond acceptors (Lipinski definition) is 2. The monoisotopic (exact) mass is 221 g/mol. The summed E-state index contributed by atoms with van der Waals surface area (Å²) in [6, 6.07) is 2.86. The molecule has 1 aliphatic rings. The predicted octanol–water partition coefficient (Wildman–Crippen LogP) is 2.13. The van der Waals surface area contributed by atoms with Gasteiger partial charge in [-0.15, -0.1) is 0 Å². The van der Waals surface area contributed by atoms with Gasteiger partial charge in [-0.05, 0) is 24.8 Å². The molecule has 1 N–H and O–H groups in total. The minimum atomic E-state index is 0.758. The van der Waals surface area contributed by atoms with Gasteiger partial charge in [-0.1, -0.05) is 19.8 Å². The maximum Gasteiger partial charge on any atom is 0.0637 e. The smallest absolute Gasteiger partial charge is 0.0637 e. The second-order valence-corrected chi connectivity index (χ2v) is 4.89. The third-order valence-corrected chi connectivity index (χ3v) is 3.74. The highest BCUT2D eigenvalue weighted by Gasteiger charge is 2.24. The Morgan fingerprint density at radius 3 is 3.06 bits per heavy atom. The molecule has 2 atom stereocenters. The van der Waals surface area contributed by atoms with Gasteiger partial charge in [0.15, 0.2) is 0 Å². The maximum atomic E-state index is 4.39. The van der Waals surface area contributed by atoms with E-state index in [4.69, 9.17) is 0 Å². The highest BCUT2D eigenvalue weighted by molar-refractivity contribution is 4.99. The average Bonchev–Trinajstić information content (AvgIpc) is 2.87. The Balaban J connectivity index is 1.71. The summed E-state index contributed by atoms with van der Waals surface area (Å²) in [6.45, 7) is 3.38. The fourth-order valence-corrected chi connectivity index (χ4v) is 2.78. The van der Waals surface area contributed by atoms with Crippen molar-refractivity contribution in [2.75, 3.05) is 6.54 Å². The lowest BCUT2D eigenvalue weighted by atomic mass is 10.0. The third-order valence-electron chi connectivity index (χ3n) is 3.74. The second-order valence-electron chi connectivity index (χ2n) is 4.89. The summed E-state index contributed by atoms with van der Waals surface area (Å²) in [6.07, 6.45) is 8.56. The van der Waals surface area contributed by atoms with E-state index in [-0.39, 0.29) is 0 Å². The molecular weight excluding hydrogens is 198 g/mol. The summed E-state index contributed by atoms with van der Waals surface area (Å²) in [5.41, 5.74) is 1.20. The molecule has 1 aromatic heterocycles. The Morgan fingerprint density at radius 2 is 2.38 bits per heavy atom. The standard InChI is InChI=1S/C13H23N3/c1-3-11-5-4-6-13(11)14-9-7-12-8-10-16(2)15-12/h8,10-11,13-14H,3-7,9H2,1-2H3. The molecule has 1 heterocycles. The van der Waals surface area contributed by atoms with Crippen molar-refractivity contribution in [2.24, 2.45) is 13.0 Å². The first kappa shape index (κ1) is 11.6. The first-order chi connectivity index (χ1) is 7.79. The zero-order chi connectivity index (χ0) is 11.4. The van der Waals surface area contributed by atoms with Crippen LogP contribution in [-0.4, -0.2) is 22.4 Å². The number of nitrogens with one attached hydrogen (secondary N) is 1. The number of aryl methyl sites for hydroxylation is 1. The molecule has 3 heteroatoms.